The Morgan fingerprint density at radius 1 is 1.42 bits per heavy atom. The summed E-state index contributed by atoms with van der Waals surface area (Å²) in [6, 6.07) is 2.02. The molecule has 1 N–H and O–H groups in total. The number of hydrogen-bond donors (Lipinski definition) is 1. The van der Waals surface area contributed by atoms with Crippen molar-refractivity contribution in [3.05, 3.63) is 36.2 Å². The number of aromatic amines is 1. The van der Waals surface area contributed by atoms with E-state index in [1.807, 2.05) is 51.3 Å². The van der Waals surface area contributed by atoms with Crippen molar-refractivity contribution in [1.82, 2.24) is 4.98 Å². The minimum absolute atomic E-state index is 1.08. The topological polar surface area (TPSA) is 15.8 Å². The summed E-state index contributed by atoms with van der Waals surface area (Å²) in [7, 11) is 0. The second-order valence-corrected chi connectivity index (χ2v) is 2.05. The van der Waals surface area contributed by atoms with Crippen LogP contribution in [0.5, 0.6) is 0 Å². The Hall–Kier alpha value is -1.24. The molecule has 1 heteroatoms. The van der Waals surface area contributed by atoms with E-state index in [0.717, 1.165) is 5.69 Å². The molecule has 0 amide bonds. The Kier molecular flexibility index (Phi) is 5.80. The minimum atomic E-state index is 1.08. The third kappa shape index (κ3) is 2.79. The van der Waals surface area contributed by atoms with Gasteiger partial charge in [0, 0.05) is 11.9 Å². The van der Waals surface area contributed by atoms with Gasteiger partial charge >= 0.3 is 0 Å². The van der Waals surface area contributed by atoms with Gasteiger partial charge in [-0.15, -0.1) is 0 Å². The second-order valence-electron chi connectivity index (χ2n) is 2.05. The highest BCUT2D eigenvalue weighted by Gasteiger charge is 1.92. The maximum absolute atomic E-state index is 3.68. The Morgan fingerprint density at radius 2 is 2.08 bits per heavy atom. The molecule has 1 nitrogen and oxygen atoms in total. The summed E-state index contributed by atoms with van der Waals surface area (Å²) >= 11 is 0. The highest BCUT2D eigenvalue weighted by molar-refractivity contribution is 5.61. The van der Waals surface area contributed by atoms with E-state index in [1.54, 1.807) is 0 Å². The SMILES string of the molecule is C=Cc1[nH]ccc1/C=C\C.CC. The van der Waals surface area contributed by atoms with Gasteiger partial charge in [-0.1, -0.05) is 32.6 Å². The van der Waals surface area contributed by atoms with E-state index in [0.29, 0.717) is 0 Å². The first kappa shape index (κ1) is 10.8. The average molecular weight is 163 g/mol. The van der Waals surface area contributed by atoms with Crippen molar-refractivity contribution in [2.24, 2.45) is 0 Å². The van der Waals surface area contributed by atoms with Gasteiger partial charge in [0.05, 0.1) is 0 Å². The highest BCUT2D eigenvalue weighted by atomic mass is 14.7. The molecule has 1 aromatic heterocycles. The zero-order valence-corrected chi connectivity index (χ0v) is 8.09. The summed E-state index contributed by atoms with van der Waals surface area (Å²) in [5.74, 6) is 0. The molecule has 0 saturated carbocycles. The molecule has 0 aliphatic heterocycles. The van der Waals surface area contributed by atoms with Crippen LogP contribution in [0.2, 0.25) is 0 Å². The van der Waals surface area contributed by atoms with Crippen LogP contribution in [0.3, 0.4) is 0 Å². The van der Waals surface area contributed by atoms with Gasteiger partial charge < -0.3 is 4.98 Å². The number of hydrogen-bond acceptors (Lipinski definition) is 0. The van der Waals surface area contributed by atoms with Gasteiger partial charge in [-0.3, -0.25) is 0 Å². The van der Waals surface area contributed by atoms with Gasteiger partial charge in [0.1, 0.15) is 0 Å². The van der Waals surface area contributed by atoms with Crippen molar-refractivity contribution in [3.63, 3.8) is 0 Å². The van der Waals surface area contributed by atoms with Crippen LogP contribution < -0.4 is 0 Å². The number of H-pyrrole nitrogens is 1. The Morgan fingerprint density at radius 3 is 2.58 bits per heavy atom. The van der Waals surface area contributed by atoms with Crippen LogP contribution in [0, 0.1) is 0 Å². The molecular weight excluding hydrogens is 146 g/mol. The maximum atomic E-state index is 3.68. The van der Waals surface area contributed by atoms with Crippen LogP contribution in [-0.2, 0) is 0 Å². The monoisotopic (exact) mass is 163 g/mol. The molecule has 0 saturated heterocycles. The first-order valence-electron chi connectivity index (χ1n) is 4.31. The van der Waals surface area contributed by atoms with Gasteiger partial charge in [-0.2, -0.15) is 0 Å². The summed E-state index contributed by atoms with van der Waals surface area (Å²) in [6.07, 6.45) is 7.78. The summed E-state index contributed by atoms with van der Waals surface area (Å²) < 4.78 is 0. The Balaban J connectivity index is 0.000000561. The average Bonchev–Trinajstić information content (AvgIpc) is 2.56. The Labute approximate surface area is 74.8 Å². The Bertz CT molecular complexity index is 243. The molecule has 0 atom stereocenters. The summed E-state index contributed by atoms with van der Waals surface area (Å²) in [5, 5.41) is 0. The molecule has 0 aromatic carbocycles. The van der Waals surface area contributed by atoms with E-state index >= 15 is 0 Å². The lowest BCUT2D eigenvalue weighted by molar-refractivity contribution is 1.37. The standard InChI is InChI=1S/C9H11N.C2H6/c1-3-5-8-6-7-10-9(8)4-2;1-2/h3-7,10H,2H2,1H3;1-2H3/b5-3-;. The molecule has 1 aromatic rings. The molecular formula is C11H17N. The third-order valence-electron chi connectivity index (χ3n) is 1.36. The molecule has 66 valence electrons. The number of allylic oxidation sites excluding steroid dienone is 1. The first-order chi connectivity index (χ1) is 5.88. The molecule has 0 spiro atoms. The zero-order chi connectivity index (χ0) is 9.40. The maximum Gasteiger partial charge on any atom is 0.0447 e. The molecule has 0 unspecified atom stereocenters. The summed E-state index contributed by atoms with van der Waals surface area (Å²) in [5.41, 5.74) is 2.27. The van der Waals surface area contributed by atoms with E-state index in [1.165, 1.54) is 5.56 Å². The molecule has 0 aliphatic rings. The van der Waals surface area contributed by atoms with Crippen molar-refractivity contribution in [2.75, 3.05) is 0 Å². The van der Waals surface area contributed by atoms with Gasteiger partial charge in [-0.05, 0) is 24.6 Å². The molecule has 0 bridgehead atoms. The molecule has 1 rings (SSSR count). The number of rotatable bonds is 2. The predicted octanol–water partition coefficient (Wildman–Crippen LogP) is 3.72. The predicted molar refractivity (Wildman–Crippen MR) is 56.9 cm³/mol. The third-order valence-corrected chi connectivity index (χ3v) is 1.36. The van der Waals surface area contributed by atoms with Crippen molar-refractivity contribution in [3.8, 4) is 0 Å². The van der Waals surface area contributed by atoms with Gasteiger partial charge in [-0.25, -0.2) is 0 Å². The van der Waals surface area contributed by atoms with E-state index < -0.39 is 0 Å². The fourth-order valence-corrected chi connectivity index (χ4v) is 0.896. The van der Waals surface area contributed by atoms with Gasteiger partial charge in [0.2, 0.25) is 0 Å². The lowest BCUT2D eigenvalue weighted by Gasteiger charge is -1.87. The second kappa shape index (κ2) is 6.47. The molecule has 12 heavy (non-hydrogen) atoms. The van der Waals surface area contributed by atoms with Crippen LogP contribution in [0.25, 0.3) is 12.2 Å². The smallest absolute Gasteiger partial charge is 0.0447 e. The highest BCUT2D eigenvalue weighted by Crippen LogP contribution is 2.09. The lowest BCUT2D eigenvalue weighted by Crippen LogP contribution is -1.71. The van der Waals surface area contributed by atoms with Gasteiger partial charge in [0.15, 0.2) is 0 Å². The van der Waals surface area contributed by atoms with Crippen LogP contribution in [0.15, 0.2) is 24.9 Å². The molecule has 0 fully saturated rings. The van der Waals surface area contributed by atoms with E-state index in [4.69, 9.17) is 0 Å². The summed E-state index contributed by atoms with van der Waals surface area (Å²) in [6.45, 7) is 9.68. The normalized spacial score (nSPS) is 9.25. The zero-order valence-electron chi connectivity index (χ0n) is 8.09. The number of aromatic nitrogens is 1. The van der Waals surface area contributed by atoms with Crippen molar-refractivity contribution in [2.45, 2.75) is 20.8 Å². The molecule has 0 radical (unpaired) electrons. The van der Waals surface area contributed by atoms with Crippen molar-refractivity contribution >= 4 is 12.2 Å². The van der Waals surface area contributed by atoms with Crippen molar-refractivity contribution < 1.29 is 0 Å². The quantitative estimate of drug-likeness (QED) is 0.684. The fourth-order valence-electron chi connectivity index (χ4n) is 0.896. The minimum Gasteiger partial charge on any atom is -0.361 e. The first-order valence-corrected chi connectivity index (χ1v) is 4.31. The van der Waals surface area contributed by atoms with E-state index in [2.05, 4.69) is 11.6 Å². The van der Waals surface area contributed by atoms with E-state index in [-0.39, 0.29) is 0 Å². The summed E-state index contributed by atoms with van der Waals surface area (Å²) in [4.78, 5) is 3.07. The fraction of sp³-hybridized carbons (Fsp3) is 0.273. The van der Waals surface area contributed by atoms with Gasteiger partial charge in [0.25, 0.3) is 0 Å². The largest absolute Gasteiger partial charge is 0.361 e. The molecule has 0 aliphatic carbocycles. The lowest BCUT2D eigenvalue weighted by atomic mass is 10.2. The van der Waals surface area contributed by atoms with Crippen LogP contribution in [0.4, 0.5) is 0 Å². The van der Waals surface area contributed by atoms with Crippen molar-refractivity contribution in [1.29, 1.82) is 0 Å². The van der Waals surface area contributed by atoms with Crippen LogP contribution in [-0.4, -0.2) is 4.98 Å². The molecule has 1 heterocycles. The van der Waals surface area contributed by atoms with E-state index in [9.17, 15) is 0 Å². The van der Waals surface area contributed by atoms with Crippen LogP contribution >= 0.6 is 0 Å². The number of nitrogens with one attached hydrogen (secondary N) is 1. The van der Waals surface area contributed by atoms with Crippen LogP contribution in [0.1, 0.15) is 32.0 Å².